The molecule has 0 fully saturated rings. The van der Waals surface area contributed by atoms with E-state index < -0.39 is 97.5 Å². The number of unbranched alkanes of at least 4 members (excludes halogenated alkanes) is 32. The molecule has 3 N–H and O–H groups in total. The average molecular weight is 1310 g/mol. The van der Waals surface area contributed by atoms with Crippen LogP contribution in [0.3, 0.4) is 0 Å². The maximum Gasteiger partial charge on any atom is 0.472 e. The number of aliphatic hydroxyl groups excluding tert-OH is 1. The molecule has 0 radical (unpaired) electrons. The van der Waals surface area contributed by atoms with Gasteiger partial charge in [-0.25, -0.2) is 9.13 Å². The van der Waals surface area contributed by atoms with Gasteiger partial charge in [0.15, 0.2) is 12.2 Å². The van der Waals surface area contributed by atoms with Crippen molar-refractivity contribution >= 4 is 39.5 Å². The molecule has 6 atom stereocenters. The van der Waals surface area contributed by atoms with Crippen LogP contribution in [0.5, 0.6) is 0 Å². The highest BCUT2D eigenvalue weighted by Gasteiger charge is 2.30. The summed E-state index contributed by atoms with van der Waals surface area (Å²) in [6.07, 6.45) is 41.9. The van der Waals surface area contributed by atoms with Crippen molar-refractivity contribution < 1.29 is 80.2 Å². The van der Waals surface area contributed by atoms with E-state index in [1.165, 1.54) is 141 Å². The van der Waals surface area contributed by atoms with Gasteiger partial charge in [0.1, 0.15) is 19.3 Å². The average Bonchev–Trinajstić information content (AvgIpc) is 3.69. The molecule has 89 heavy (non-hydrogen) atoms. The highest BCUT2D eigenvalue weighted by Crippen LogP contribution is 2.45. The van der Waals surface area contributed by atoms with Gasteiger partial charge < -0.3 is 33.8 Å². The lowest BCUT2D eigenvalue weighted by atomic mass is 10.00. The maximum atomic E-state index is 13.0. The zero-order valence-corrected chi connectivity index (χ0v) is 59.8. The summed E-state index contributed by atoms with van der Waals surface area (Å²) in [6.45, 7) is 14.0. The van der Waals surface area contributed by atoms with E-state index in [1.807, 2.05) is 0 Å². The summed E-state index contributed by atoms with van der Waals surface area (Å²) in [5.74, 6) is 0.823. The highest BCUT2D eigenvalue weighted by molar-refractivity contribution is 7.47. The monoisotopic (exact) mass is 1310 g/mol. The van der Waals surface area contributed by atoms with Crippen molar-refractivity contribution in [1.82, 2.24) is 0 Å². The first kappa shape index (κ1) is 87.1. The minimum atomic E-state index is -4.95. The van der Waals surface area contributed by atoms with E-state index in [9.17, 15) is 43.2 Å². The third-order valence-corrected chi connectivity index (χ3v) is 18.3. The van der Waals surface area contributed by atoms with E-state index in [1.54, 1.807) is 0 Å². The number of carbonyl (C=O) groups excluding carboxylic acids is 4. The van der Waals surface area contributed by atoms with E-state index >= 15 is 0 Å². The van der Waals surface area contributed by atoms with Crippen molar-refractivity contribution in [2.75, 3.05) is 39.6 Å². The SMILES string of the molecule is CCC(C)CCCCCCCCC(=O)OC[C@H](COP(=O)(O)OC[C@H](O)COP(=O)(O)OC[C@@H](COC(=O)CCCCCCCCCCCCCCCC(C)C)OC(=O)CCCCCCCCCCCCCC(C)C)OC(=O)CCCCCCCCC(C)C. The van der Waals surface area contributed by atoms with Gasteiger partial charge >= 0.3 is 39.5 Å². The molecule has 0 spiro atoms. The molecule has 0 aliphatic rings. The van der Waals surface area contributed by atoms with Crippen molar-refractivity contribution in [2.45, 2.75) is 363 Å². The lowest BCUT2D eigenvalue weighted by Crippen LogP contribution is -2.30. The van der Waals surface area contributed by atoms with Crippen LogP contribution in [0, 0.1) is 23.7 Å². The number of carbonyl (C=O) groups is 4. The quantitative estimate of drug-likeness (QED) is 0.0222. The Morgan fingerprint density at radius 2 is 0.539 bits per heavy atom. The molecule has 0 bridgehead atoms. The lowest BCUT2D eigenvalue weighted by molar-refractivity contribution is -0.161. The fourth-order valence-electron chi connectivity index (χ4n) is 10.5. The van der Waals surface area contributed by atoms with Crippen LogP contribution in [0.2, 0.25) is 0 Å². The van der Waals surface area contributed by atoms with Gasteiger partial charge in [0.25, 0.3) is 0 Å². The molecule has 0 amide bonds. The first-order valence-electron chi connectivity index (χ1n) is 36.2. The van der Waals surface area contributed by atoms with Gasteiger partial charge in [-0.3, -0.25) is 37.3 Å². The predicted molar refractivity (Wildman–Crippen MR) is 358 cm³/mol. The third kappa shape index (κ3) is 63.2. The molecular weight excluding hydrogens is 1170 g/mol. The Balaban J connectivity index is 5.23. The Labute approximate surface area is 543 Å². The van der Waals surface area contributed by atoms with E-state index in [4.69, 9.17) is 37.0 Å². The first-order valence-corrected chi connectivity index (χ1v) is 39.2. The largest absolute Gasteiger partial charge is 0.472 e. The summed E-state index contributed by atoms with van der Waals surface area (Å²) >= 11 is 0. The Hall–Kier alpha value is -1.94. The molecule has 3 unspecified atom stereocenters. The molecule has 0 aromatic carbocycles. The normalized spacial score (nSPS) is 14.6. The van der Waals surface area contributed by atoms with E-state index in [2.05, 4.69) is 55.4 Å². The smallest absolute Gasteiger partial charge is 0.462 e. The Bertz CT molecular complexity index is 1770. The Morgan fingerprint density at radius 1 is 0.315 bits per heavy atom. The first-order chi connectivity index (χ1) is 42.6. The molecule has 0 aliphatic heterocycles. The number of rotatable bonds is 67. The van der Waals surface area contributed by atoms with Crippen molar-refractivity contribution in [3.63, 3.8) is 0 Å². The van der Waals surface area contributed by atoms with Crippen molar-refractivity contribution in [3.05, 3.63) is 0 Å². The summed E-state index contributed by atoms with van der Waals surface area (Å²) < 4.78 is 68.2. The standard InChI is InChI=1S/C70H136O17P2/c1-9-63(8)49-41-33-27-29-35-43-51-68(73)81-57-66(87-70(75)53-45-37-28-26-32-40-48-62(6)7)59-85-89(78,79)83-55-64(71)54-82-88(76,77)84-58-65(86-69(74)52-44-36-25-21-17-13-15-19-23-31-39-47-61(4)5)56-80-67(72)50-42-34-24-20-16-12-10-11-14-18-22-30-38-46-60(2)3/h60-66,71H,9-59H2,1-8H3,(H,76,77)(H,78,79)/t63?,64-,65-,66-/m1/s1. The van der Waals surface area contributed by atoms with Crippen molar-refractivity contribution in [2.24, 2.45) is 23.7 Å². The summed E-state index contributed by atoms with van der Waals surface area (Å²) in [4.78, 5) is 72.5. The number of hydrogen-bond acceptors (Lipinski definition) is 15. The number of phosphoric ester groups is 2. The fourth-order valence-corrected chi connectivity index (χ4v) is 12.0. The van der Waals surface area contributed by atoms with Crippen molar-refractivity contribution in [1.29, 1.82) is 0 Å². The third-order valence-electron chi connectivity index (χ3n) is 16.4. The number of aliphatic hydroxyl groups is 1. The van der Waals surface area contributed by atoms with E-state index in [0.29, 0.717) is 31.6 Å². The Kier molecular flexibility index (Phi) is 58.5. The van der Waals surface area contributed by atoms with Crippen LogP contribution in [0.15, 0.2) is 0 Å². The lowest BCUT2D eigenvalue weighted by Gasteiger charge is -2.21. The van der Waals surface area contributed by atoms with Crippen LogP contribution in [0.4, 0.5) is 0 Å². The zero-order valence-electron chi connectivity index (χ0n) is 58.1. The van der Waals surface area contributed by atoms with Crippen LogP contribution in [0.25, 0.3) is 0 Å². The minimum Gasteiger partial charge on any atom is -0.462 e. The molecule has 0 rings (SSSR count). The fraction of sp³-hybridized carbons (Fsp3) is 0.943. The molecule has 17 nitrogen and oxygen atoms in total. The predicted octanol–water partition coefficient (Wildman–Crippen LogP) is 19.7. The summed E-state index contributed by atoms with van der Waals surface area (Å²) in [5, 5.41) is 10.6. The topological polar surface area (TPSA) is 237 Å². The van der Waals surface area contributed by atoms with Crippen LogP contribution in [-0.4, -0.2) is 96.7 Å². The van der Waals surface area contributed by atoms with Crippen LogP contribution < -0.4 is 0 Å². The second-order valence-electron chi connectivity index (χ2n) is 26.9. The van der Waals surface area contributed by atoms with Gasteiger partial charge in [-0.1, -0.05) is 293 Å². The summed E-state index contributed by atoms with van der Waals surface area (Å²) in [5.41, 5.74) is 0. The van der Waals surface area contributed by atoms with E-state index in [0.717, 1.165) is 114 Å². The molecular formula is C70H136O17P2. The molecule has 19 heteroatoms. The van der Waals surface area contributed by atoms with Crippen LogP contribution >= 0.6 is 15.6 Å². The zero-order chi connectivity index (χ0) is 66.1. The number of esters is 4. The molecule has 0 aromatic heterocycles. The van der Waals surface area contributed by atoms with Crippen molar-refractivity contribution in [3.8, 4) is 0 Å². The molecule has 0 heterocycles. The van der Waals surface area contributed by atoms with Gasteiger partial charge in [-0.05, 0) is 49.4 Å². The molecule has 0 saturated heterocycles. The van der Waals surface area contributed by atoms with Gasteiger partial charge in [-0.15, -0.1) is 0 Å². The second-order valence-corrected chi connectivity index (χ2v) is 29.8. The molecule has 528 valence electrons. The van der Waals surface area contributed by atoms with Gasteiger partial charge in [0.2, 0.25) is 0 Å². The number of ether oxygens (including phenoxy) is 4. The van der Waals surface area contributed by atoms with Gasteiger partial charge in [0, 0.05) is 25.7 Å². The number of hydrogen-bond donors (Lipinski definition) is 3. The number of phosphoric acid groups is 2. The van der Waals surface area contributed by atoms with E-state index in [-0.39, 0.29) is 25.7 Å². The summed E-state index contributed by atoms with van der Waals surface area (Å²) in [6, 6.07) is 0. The maximum absolute atomic E-state index is 13.0. The van der Waals surface area contributed by atoms with Crippen LogP contribution in [0.1, 0.15) is 344 Å². The molecule has 0 aliphatic carbocycles. The highest BCUT2D eigenvalue weighted by atomic mass is 31.2. The summed E-state index contributed by atoms with van der Waals surface area (Å²) in [7, 11) is -9.90. The van der Waals surface area contributed by atoms with Gasteiger partial charge in [0.05, 0.1) is 26.4 Å². The minimum absolute atomic E-state index is 0.101. The molecule has 0 aromatic rings. The second kappa shape index (κ2) is 59.8. The molecule has 0 saturated carbocycles. The Morgan fingerprint density at radius 3 is 0.798 bits per heavy atom. The van der Waals surface area contributed by atoms with Crippen LogP contribution in [-0.2, 0) is 65.4 Å². The van der Waals surface area contributed by atoms with Gasteiger partial charge in [-0.2, -0.15) is 0 Å².